The first-order valence-corrected chi connectivity index (χ1v) is 4.95. The molecule has 4 heteroatoms. The van der Waals surface area contributed by atoms with Crippen LogP contribution in [0.5, 0.6) is 0 Å². The van der Waals surface area contributed by atoms with Crippen LogP contribution in [0.3, 0.4) is 0 Å². The highest BCUT2D eigenvalue weighted by atomic mass is 16.4. The first-order chi connectivity index (χ1) is 6.45. The van der Waals surface area contributed by atoms with E-state index in [1.54, 1.807) is 6.92 Å². The lowest BCUT2D eigenvalue weighted by atomic mass is 10.1. The van der Waals surface area contributed by atoms with Gasteiger partial charge in [0.25, 0.3) is 0 Å². The summed E-state index contributed by atoms with van der Waals surface area (Å²) in [6.45, 7) is 5.89. The molecule has 0 fully saturated rings. The van der Waals surface area contributed by atoms with Gasteiger partial charge < -0.3 is 10.4 Å². The second kappa shape index (κ2) is 6.40. The SMILES string of the molecule is CC(C)C(=O)NCCCC(C)C(=O)O. The summed E-state index contributed by atoms with van der Waals surface area (Å²) in [5.74, 6) is -1.09. The van der Waals surface area contributed by atoms with Crippen molar-refractivity contribution >= 4 is 11.9 Å². The van der Waals surface area contributed by atoms with E-state index < -0.39 is 5.97 Å². The van der Waals surface area contributed by atoms with Gasteiger partial charge in [-0.2, -0.15) is 0 Å². The summed E-state index contributed by atoms with van der Waals surface area (Å²) >= 11 is 0. The van der Waals surface area contributed by atoms with Crippen molar-refractivity contribution in [2.75, 3.05) is 6.54 Å². The molecule has 82 valence electrons. The topological polar surface area (TPSA) is 66.4 Å². The number of carbonyl (C=O) groups is 2. The van der Waals surface area contributed by atoms with Gasteiger partial charge in [0, 0.05) is 12.5 Å². The summed E-state index contributed by atoms with van der Waals surface area (Å²) in [6, 6.07) is 0. The van der Waals surface area contributed by atoms with Crippen LogP contribution in [0.4, 0.5) is 0 Å². The zero-order chi connectivity index (χ0) is 11.1. The first kappa shape index (κ1) is 12.9. The number of hydrogen-bond donors (Lipinski definition) is 2. The molecule has 0 aliphatic rings. The molecule has 0 radical (unpaired) electrons. The van der Waals surface area contributed by atoms with Gasteiger partial charge in [0.05, 0.1) is 5.92 Å². The molecular formula is C10H19NO3. The molecule has 1 atom stereocenters. The van der Waals surface area contributed by atoms with Gasteiger partial charge >= 0.3 is 5.97 Å². The number of carbonyl (C=O) groups excluding carboxylic acids is 1. The van der Waals surface area contributed by atoms with Crippen molar-refractivity contribution in [3.8, 4) is 0 Å². The summed E-state index contributed by atoms with van der Waals surface area (Å²) in [5.41, 5.74) is 0. The molecule has 0 heterocycles. The third-order valence-electron chi connectivity index (χ3n) is 2.06. The van der Waals surface area contributed by atoms with Crippen LogP contribution in [0.25, 0.3) is 0 Å². The van der Waals surface area contributed by atoms with E-state index in [1.807, 2.05) is 13.8 Å². The predicted molar refractivity (Wildman–Crippen MR) is 53.9 cm³/mol. The van der Waals surface area contributed by atoms with Gasteiger partial charge in [-0.15, -0.1) is 0 Å². The summed E-state index contributed by atoms with van der Waals surface area (Å²) < 4.78 is 0. The molecule has 2 N–H and O–H groups in total. The molecule has 0 spiro atoms. The van der Waals surface area contributed by atoms with E-state index in [9.17, 15) is 9.59 Å². The van der Waals surface area contributed by atoms with Crippen molar-refractivity contribution in [3.05, 3.63) is 0 Å². The molecule has 0 aromatic heterocycles. The second-order valence-electron chi connectivity index (χ2n) is 3.83. The lowest BCUT2D eigenvalue weighted by molar-refractivity contribution is -0.141. The van der Waals surface area contributed by atoms with Crippen LogP contribution in [0.2, 0.25) is 0 Å². The Morgan fingerprint density at radius 2 is 1.86 bits per heavy atom. The third kappa shape index (κ3) is 5.56. The van der Waals surface area contributed by atoms with Gasteiger partial charge in [-0.1, -0.05) is 20.8 Å². The minimum absolute atomic E-state index is 0.00750. The van der Waals surface area contributed by atoms with E-state index in [4.69, 9.17) is 5.11 Å². The molecule has 0 rings (SSSR count). The van der Waals surface area contributed by atoms with E-state index in [2.05, 4.69) is 5.32 Å². The van der Waals surface area contributed by atoms with Crippen LogP contribution in [-0.4, -0.2) is 23.5 Å². The van der Waals surface area contributed by atoms with Crippen molar-refractivity contribution in [2.45, 2.75) is 33.6 Å². The highest BCUT2D eigenvalue weighted by Gasteiger charge is 2.10. The fourth-order valence-corrected chi connectivity index (χ4v) is 0.947. The van der Waals surface area contributed by atoms with E-state index in [-0.39, 0.29) is 17.7 Å². The smallest absolute Gasteiger partial charge is 0.306 e. The molecule has 14 heavy (non-hydrogen) atoms. The second-order valence-corrected chi connectivity index (χ2v) is 3.83. The molecule has 0 saturated carbocycles. The van der Waals surface area contributed by atoms with Gasteiger partial charge in [0.2, 0.25) is 5.91 Å². The lowest BCUT2D eigenvalue weighted by Crippen LogP contribution is -2.29. The van der Waals surface area contributed by atoms with Crippen molar-refractivity contribution in [1.82, 2.24) is 5.32 Å². The molecule has 0 bridgehead atoms. The molecule has 0 aromatic carbocycles. The van der Waals surface area contributed by atoms with Crippen molar-refractivity contribution < 1.29 is 14.7 Å². The molecular weight excluding hydrogens is 182 g/mol. The molecule has 0 aliphatic carbocycles. The quantitative estimate of drug-likeness (QED) is 0.636. The van der Waals surface area contributed by atoms with E-state index in [0.29, 0.717) is 19.4 Å². The van der Waals surface area contributed by atoms with Crippen LogP contribution in [0, 0.1) is 11.8 Å². The number of aliphatic carboxylic acids is 1. The maximum absolute atomic E-state index is 11.1. The van der Waals surface area contributed by atoms with Gasteiger partial charge in [0.15, 0.2) is 0 Å². The van der Waals surface area contributed by atoms with E-state index >= 15 is 0 Å². The summed E-state index contributed by atoms with van der Waals surface area (Å²) in [4.78, 5) is 21.5. The Kier molecular flexibility index (Phi) is 5.92. The standard InChI is InChI=1S/C10H19NO3/c1-7(2)9(12)11-6-4-5-8(3)10(13)14/h7-8H,4-6H2,1-3H3,(H,11,12)(H,13,14). The van der Waals surface area contributed by atoms with Crippen LogP contribution in [0.1, 0.15) is 33.6 Å². The summed E-state index contributed by atoms with van der Waals surface area (Å²) in [5, 5.41) is 11.3. The largest absolute Gasteiger partial charge is 0.481 e. The Morgan fingerprint density at radius 3 is 2.29 bits per heavy atom. The zero-order valence-corrected chi connectivity index (χ0v) is 9.04. The van der Waals surface area contributed by atoms with Gasteiger partial charge in [-0.3, -0.25) is 9.59 Å². The maximum atomic E-state index is 11.1. The van der Waals surface area contributed by atoms with Crippen molar-refractivity contribution in [1.29, 1.82) is 0 Å². The van der Waals surface area contributed by atoms with Crippen LogP contribution in [-0.2, 0) is 9.59 Å². The fourth-order valence-electron chi connectivity index (χ4n) is 0.947. The fraction of sp³-hybridized carbons (Fsp3) is 0.800. The predicted octanol–water partition coefficient (Wildman–Crippen LogP) is 1.26. The highest BCUT2D eigenvalue weighted by Crippen LogP contribution is 2.04. The van der Waals surface area contributed by atoms with E-state index in [0.717, 1.165) is 0 Å². The minimum Gasteiger partial charge on any atom is -0.481 e. The lowest BCUT2D eigenvalue weighted by Gasteiger charge is -2.08. The molecule has 0 saturated heterocycles. The Morgan fingerprint density at radius 1 is 1.29 bits per heavy atom. The van der Waals surface area contributed by atoms with Gasteiger partial charge in [-0.25, -0.2) is 0 Å². The van der Waals surface area contributed by atoms with Crippen LogP contribution in [0.15, 0.2) is 0 Å². The Hall–Kier alpha value is -1.06. The normalized spacial score (nSPS) is 12.6. The molecule has 4 nitrogen and oxygen atoms in total. The Labute approximate surface area is 84.7 Å². The molecule has 0 aromatic rings. The number of amides is 1. The number of nitrogens with one attached hydrogen (secondary N) is 1. The van der Waals surface area contributed by atoms with Crippen molar-refractivity contribution in [3.63, 3.8) is 0 Å². The van der Waals surface area contributed by atoms with Gasteiger partial charge in [-0.05, 0) is 12.8 Å². The van der Waals surface area contributed by atoms with E-state index in [1.165, 1.54) is 0 Å². The Balaban J connectivity index is 3.47. The monoisotopic (exact) mass is 201 g/mol. The molecule has 1 unspecified atom stereocenters. The average molecular weight is 201 g/mol. The van der Waals surface area contributed by atoms with Gasteiger partial charge in [0.1, 0.15) is 0 Å². The number of carboxylic acid groups (broad SMARTS) is 1. The molecule has 1 amide bonds. The van der Waals surface area contributed by atoms with Crippen LogP contribution < -0.4 is 5.32 Å². The highest BCUT2D eigenvalue weighted by molar-refractivity contribution is 5.77. The number of rotatable bonds is 6. The maximum Gasteiger partial charge on any atom is 0.306 e. The summed E-state index contributed by atoms with van der Waals surface area (Å²) in [7, 11) is 0. The Bertz CT molecular complexity index is 202. The number of carboxylic acids is 1. The zero-order valence-electron chi connectivity index (χ0n) is 9.04. The molecule has 0 aliphatic heterocycles. The number of hydrogen-bond acceptors (Lipinski definition) is 2. The average Bonchev–Trinajstić information content (AvgIpc) is 2.11. The first-order valence-electron chi connectivity index (χ1n) is 4.95. The summed E-state index contributed by atoms with van der Waals surface area (Å²) in [6.07, 6.45) is 1.32. The van der Waals surface area contributed by atoms with Crippen molar-refractivity contribution in [2.24, 2.45) is 11.8 Å². The van der Waals surface area contributed by atoms with Crippen LogP contribution >= 0.6 is 0 Å². The minimum atomic E-state index is -0.778. The third-order valence-corrected chi connectivity index (χ3v) is 2.06.